The van der Waals surface area contributed by atoms with Crippen LogP contribution in [0.15, 0.2) is 41.0 Å². The molecule has 1 fully saturated rings. The van der Waals surface area contributed by atoms with Crippen molar-refractivity contribution in [3.05, 3.63) is 42.3 Å². The molecule has 1 aliphatic carbocycles. The van der Waals surface area contributed by atoms with Crippen LogP contribution < -0.4 is 0 Å². The second-order valence-corrected chi connectivity index (χ2v) is 9.08. The van der Waals surface area contributed by atoms with Crippen molar-refractivity contribution in [2.75, 3.05) is 12.3 Å². The number of oxazole rings is 1. The summed E-state index contributed by atoms with van der Waals surface area (Å²) >= 11 is 0. The number of nitrogens with zero attached hydrogens (tertiary/aromatic N) is 2. The van der Waals surface area contributed by atoms with Gasteiger partial charge in [-0.25, -0.2) is 13.4 Å². The average Bonchev–Trinajstić information content (AvgIpc) is 3.11. The molecule has 0 bridgehead atoms. The van der Waals surface area contributed by atoms with Crippen molar-refractivity contribution in [2.24, 2.45) is 0 Å². The Bertz CT molecular complexity index is 855. The van der Waals surface area contributed by atoms with E-state index in [9.17, 15) is 13.2 Å². The third-order valence-electron chi connectivity index (χ3n) is 4.96. The molecule has 1 aliphatic rings. The van der Waals surface area contributed by atoms with Crippen LogP contribution in [0.3, 0.4) is 0 Å². The quantitative estimate of drug-likeness (QED) is 0.723. The maximum atomic E-state index is 12.6. The number of aromatic nitrogens is 1. The summed E-state index contributed by atoms with van der Waals surface area (Å²) in [5.41, 5.74) is 1.11. The minimum Gasteiger partial charge on any atom is -0.444 e. The molecule has 1 saturated carbocycles. The zero-order chi connectivity index (χ0) is 19.3. The standard InChI is InChI=1S/C20H26N2O4S/c1-2-22(18-11-7-4-8-12-18)19(23)15-27(24,25)14-17-13-26-20(21-17)16-9-5-3-6-10-16/h3,5-6,9-10,13,18H,2,4,7-8,11-12,14-15H2,1H3. The summed E-state index contributed by atoms with van der Waals surface area (Å²) in [6.07, 6.45) is 6.66. The normalized spacial score (nSPS) is 15.6. The van der Waals surface area contributed by atoms with Crippen LogP contribution in [-0.4, -0.2) is 42.5 Å². The van der Waals surface area contributed by atoms with Gasteiger partial charge in [-0.05, 0) is 31.9 Å². The molecular formula is C20H26N2O4S. The second-order valence-electron chi connectivity index (χ2n) is 7.01. The van der Waals surface area contributed by atoms with E-state index in [1.165, 1.54) is 12.7 Å². The highest BCUT2D eigenvalue weighted by atomic mass is 32.2. The molecule has 0 spiro atoms. The van der Waals surface area contributed by atoms with Crippen molar-refractivity contribution in [3.63, 3.8) is 0 Å². The van der Waals surface area contributed by atoms with Gasteiger partial charge in [-0.2, -0.15) is 0 Å². The Morgan fingerprint density at radius 2 is 1.89 bits per heavy atom. The lowest BCUT2D eigenvalue weighted by atomic mass is 9.94. The Hall–Kier alpha value is -2.15. The average molecular weight is 391 g/mol. The SMILES string of the molecule is CCN(C(=O)CS(=O)(=O)Cc1coc(-c2ccccc2)n1)C1CCCCC1. The first-order valence-electron chi connectivity index (χ1n) is 9.48. The summed E-state index contributed by atoms with van der Waals surface area (Å²) in [6.45, 7) is 2.45. The van der Waals surface area contributed by atoms with Crippen molar-refractivity contribution >= 4 is 15.7 Å². The van der Waals surface area contributed by atoms with E-state index >= 15 is 0 Å². The summed E-state index contributed by atoms with van der Waals surface area (Å²) < 4.78 is 30.5. The van der Waals surface area contributed by atoms with Gasteiger partial charge in [0.15, 0.2) is 9.84 Å². The molecule has 1 aromatic carbocycles. The van der Waals surface area contributed by atoms with Crippen LogP contribution in [0.4, 0.5) is 0 Å². The monoisotopic (exact) mass is 390 g/mol. The summed E-state index contributed by atoms with van der Waals surface area (Å²) in [7, 11) is -3.61. The maximum Gasteiger partial charge on any atom is 0.238 e. The van der Waals surface area contributed by atoms with E-state index in [0.29, 0.717) is 18.1 Å². The lowest BCUT2D eigenvalue weighted by molar-refractivity contribution is -0.131. The smallest absolute Gasteiger partial charge is 0.238 e. The fourth-order valence-corrected chi connectivity index (χ4v) is 4.89. The van der Waals surface area contributed by atoms with Gasteiger partial charge in [0.25, 0.3) is 0 Å². The summed E-state index contributed by atoms with van der Waals surface area (Å²) in [6, 6.07) is 9.46. The Kier molecular flexibility index (Phi) is 6.31. The molecule has 0 unspecified atom stereocenters. The van der Waals surface area contributed by atoms with Crippen LogP contribution in [0.5, 0.6) is 0 Å². The fourth-order valence-electron chi connectivity index (χ4n) is 3.66. The van der Waals surface area contributed by atoms with Gasteiger partial charge < -0.3 is 9.32 Å². The summed E-state index contributed by atoms with van der Waals surface area (Å²) in [5.74, 6) is -0.706. The third kappa shape index (κ3) is 5.19. The van der Waals surface area contributed by atoms with Crippen LogP contribution in [0.25, 0.3) is 11.5 Å². The molecule has 3 rings (SSSR count). The molecule has 0 radical (unpaired) electrons. The zero-order valence-electron chi connectivity index (χ0n) is 15.6. The van der Waals surface area contributed by atoms with Crippen molar-refractivity contribution in [1.82, 2.24) is 9.88 Å². The first kappa shape index (κ1) is 19.6. The number of hydrogen-bond acceptors (Lipinski definition) is 5. The molecule has 7 heteroatoms. The predicted molar refractivity (Wildman–Crippen MR) is 104 cm³/mol. The van der Waals surface area contributed by atoms with Gasteiger partial charge in [-0.3, -0.25) is 4.79 Å². The van der Waals surface area contributed by atoms with Gasteiger partial charge in [0.05, 0.1) is 11.4 Å². The summed E-state index contributed by atoms with van der Waals surface area (Å²) in [5, 5.41) is 0. The summed E-state index contributed by atoms with van der Waals surface area (Å²) in [4.78, 5) is 18.6. The van der Waals surface area contributed by atoms with Crippen LogP contribution in [0.2, 0.25) is 0 Å². The van der Waals surface area contributed by atoms with E-state index in [1.54, 1.807) is 4.90 Å². The first-order chi connectivity index (χ1) is 13.0. The van der Waals surface area contributed by atoms with Crippen molar-refractivity contribution in [2.45, 2.75) is 50.8 Å². The predicted octanol–water partition coefficient (Wildman–Crippen LogP) is 3.44. The largest absolute Gasteiger partial charge is 0.444 e. The van der Waals surface area contributed by atoms with Crippen LogP contribution in [0, 0.1) is 0 Å². The van der Waals surface area contributed by atoms with Crippen molar-refractivity contribution < 1.29 is 17.6 Å². The van der Waals surface area contributed by atoms with Gasteiger partial charge in [0, 0.05) is 18.2 Å². The van der Waals surface area contributed by atoms with Crippen LogP contribution in [0.1, 0.15) is 44.7 Å². The minimum absolute atomic E-state index is 0.170. The Morgan fingerprint density at radius 3 is 2.56 bits per heavy atom. The highest BCUT2D eigenvalue weighted by Gasteiger charge is 2.28. The minimum atomic E-state index is -3.61. The van der Waals surface area contributed by atoms with Gasteiger partial charge in [-0.1, -0.05) is 37.5 Å². The number of sulfone groups is 1. The molecule has 1 amide bonds. The molecule has 27 heavy (non-hydrogen) atoms. The van der Waals surface area contributed by atoms with Crippen LogP contribution >= 0.6 is 0 Å². The topological polar surface area (TPSA) is 80.5 Å². The number of hydrogen-bond donors (Lipinski definition) is 0. The Labute approximate surface area is 160 Å². The van der Waals surface area contributed by atoms with Gasteiger partial charge in [0.2, 0.25) is 11.8 Å². The third-order valence-corrected chi connectivity index (χ3v) is 6.38. The van der Waals surface area contributed by atoms with E-state index in [1.807, 2.05) is 37.3 Å². The van der Waals surface area contributed by atoms with E-state index in [-0.39, 0.29) is 17.7 Å². The molecule has 6 nitrogen and oxygen atoms in total. The van der Waals surface area contributed by atoms with Gasteiger partial charge in [-0.15, -0.1) is 0 Å². The molecule has 146 valence electrons. The lowest BCUT2D eigenvalue weighted by Crippen LogP contribution is -2.44. The Balaban J connectivity index is 1.64. The molecular weight excluding hydrogens is 364 g/mol. The fraction of sp³-hybridized carbons (Fsp3) is 0.500. The molecule has 0 saturated heterocycles. The zero-order valence-corrected chi connectivity index (χ0v) is 16.5. The van der Waals surface area contributed by atoms with E-state index in [4.69, 9.17) is 4.42 Å². The highest BCUT2D eigenvalue weighted by Crippen LogP contribution is 2.23. The van der Waals surface area contributed by atoms with Gasteiger partial charge >= 0.3 is 0 Å². The lowest BCUT2D eigenvalue weighted by Gasteiger charge is -2.33. The number of rotatable bonds is 7. The van der Waals surface area contributed by atoms with E-state index in [0.717, 1.165) is 31.2 Å². The highest BCUT2D eigenvalue weighted by molar-refractivity contribution is 7.91. The second kappa shape index (κ2) is 8.69. The molecule has 0 atom stereocenters. The van der Waals surface area contributed by atoms with Crippen molar-refractivity contribution in [3.8, 4) is 11.5 Å². The van der Waals surface area contributed by atoms with E-state index < -0.39 is 15.6 Å². The van der Waals surface area contributed by atoms with Crippen molar-refractivity contribution in [1.29, 1.82) is 0 Å². The van der Waals surface area contributed by atoms with E-state index in [2.05, 4.69) is 4.98 Å². The molecule has 2 aromatic rings. The molecule has 0 aliphatic heterocycles. The molecule has 1 aromatic heterocycles. The number of amides is 1. The number of carbonyl (C=O) groups excluding carboxylic acids is 1. The molecule has 1 heterocycles. The Morgan fingerprint density at radius 1 is 1.19 bits per heavy atom. The number of carbonyl (C=O) groups is 1. The number of benzene rings is 1. The maximum absolute atomic E-state index is 12.6. The first-order valence-corrected chi connectivity index (χ1v) is 11.3. The molecule has 0 N–H and O–H groups in total. The van der Waals surface area contributed by atoms with Crippen LogP contribution in [-0.2, 0) is 20.4 Å². The van der Waals surface area contributed by atoms with Gasteiger partial charge in [0.1, 0.15) is 12.0 Å².